The average Bonchev–Trinajstić information content (AvgIpc) is 2.30. The van der Waals surface area contributed by atoms with Crippen LogP contribution in [0.2, 0.25) is 0 Å². The van der Waals surface area contributed by atoms with Gasteiger partial charge in [0.25, 0.3) is 5.91 Å². The van der Waals surface area contributed by atoms with Crippen molar-refractivity contribution in [2.45, 2.75) is 18.6 Å². The molecule has 0 saturated carbocycles. The van der Waals surface area contributed by atoms with Crippen LogP contribution in [0.3, 0.4) is 0 Å². The maximum absolute atomic E-state index is 12.9. The molecule has 1 aliphatic heterocycles. The second kappa shape index (κ2) is 4.39. The number of nitrogens with zero attached hydrogens (tertiary/aromatic N) is 1. The van der Waals surface area contributed by atoms with Crippen molar-refractivity contribution < 1.29 is 13.9 Å². The number of fused-ring (bicyclic) bond motifs is 1. The fourth-order valence-electron chi connectivity index (χ4n) is 1.56. The number of halogens is 1. The number of hydrogen-bond donors (Lipinski definition) is 2. The summed E-state index contributed by atoms with van der Waals surface area (Å²) in [4.78, 5) is 11.6. The van der Waals surface area contributed by atoms with Crippen LogP contribution in [0.5, 0.6) is 5.75 Å². The smallest absolute Gasteiger partial charge is 0.265 e. The first-order valence-corrected chi connectivity index (χ1v) is 5.02. The van der Waals surface area contributed by atoms with E-state index in [1.165, 1.54) is 18.2 Å². The summed E-state index contributed by atoms with van der Waals surface area (Å²) >= 11 is 0. The molecular weight excluding hydrogens is 225 g/mol. The maximum atomic E-state index is 12.9. The largest absolute Gasteiger partial charge is 0.478 e. The molecule has 0 bridgehead atoms. The van der Waals surface area contributed by atoms with Crippen molar-refractivity contribution in [3.63, 3.8) is 0 Å². The molecule has 2 unspecified atom stereocenters. The van der Waals surface area contributed by atoms with Gasteiger partial charge in [0.05, 0.1) is 17.8 Å². The van der Waals surface area contributed by atoms with E-state index in [1.54, 1.807) is 0 Å². The number of rotatable bonds is 2. The third kappa shape index (κ3) is 2.34. The SMILES string of the molecule is N#CC(N)CC1Oc2ccc(F)cc2NC1=O. The highest BCUT2D eigenvalue weighted by molar-refractivity contribution is 5.97. The van der Waals surface area contributed by atoms with E-state index in [1.807, 2.05) is 6.07 Å². The molecule has 0 fully saturated rings. The predicted octanol–water partition coefficient (Wildman–Crippen LogP) is 0.766. The molecule has 88 valence electrons. The second-order valence-electron chi connectivity index (χ2n) is 3.71. The Kier molecular flexibility index (Phi) is 2.93. The van der Waals surface area contributed by atoms with Crippen molar-refractivity contribution in [3.8, 4) is 11.8 Å². The summed E-state index contributed by atoms with van der Waals surface area (Å²) < 4.78 is 18.3. The molecule has 0 aromatic heterocycles. The summed E-state index contributed by atoms with van der Waals surface area (Å²) in [6.07, 6.45) is -0.721. The van der Waals surface area contributed by atoms with Crippen LogP contribution in [0.1, 0.15) is 6.42 Å². The van der Waals surface area contributed by atoms with Crippen LogP contribution in [-0.4, -0.2) is 18.1 Å². The van der Waals surface area contributed by atoms with Gasteiger partial charge in [-0.2, -0.15) is 5.26 Å². The van der Waals surface area contributed by atoms with E-state index < -0.39 is 23.9 Å². The number of carbonyl (C=O) groups is 1. The first kappa shape index (κ1) is 11.4. The molecule has 3 N–H and O–H groups in total. The van der Waals surface area contributed by atoms with Gasteiger partial charge in [-0.1, -0.05) is 0 Å². The van der Waals surface area contributed by atoms with Crippen molar-refractivity contribution in [2.75, 3.05) is 5.32 Å². The lowest BCUT2D eigenvalue weighted by molar-refractivity contribution is -0.123. The van der Waals surface area contributed by atoms with Gasteiger partial charge in [-0.25, -0.2) is 4.39 Å². The summed E-state index contributed by atoms with van der Waals surface area (Å²) in [5.41, 5.74) is 5.72. The van der Waals surface area contributed by atoms with E-state index in [0.29, 0.717) is 5.75 Å². The third-order valence-electron chi connectivity index (χ3n) is 2.39. The van der Waals surface area contributed by atoms with Gasteiger partial charge in [0.15, 0.2) is 6.10 Å². The van der Waals surface area contributed by atoms with Crippen LogP contribution in [0, 0.1) is 17.1 Å². The van der Waals surface area contributed by atoms with Gasteiger partial charge >= 0.3 is 0 Å². The van der Waals surface area contributed by atoms with Crippen LogP contribution in [0.4, 0.5) is 10.1 Å². The van der Waals surface area contributed by atoms with Gasteiger partial charge in [0.1, 0.15) is 11.6 Å². The number of nitrogens with two attached hydrogens (primary N) is 1. The molecular formula is C11H10FN3O2. The Morgan fingerprint density at radius 1 is 1.65 bits per heavy atom. The number of anilines is 1. The highest BCUT2D eigenvalue weighted by atomic mass is 19.1. The van der Waals surface area contributed by atoms with Gasteiger partial charge in [0, 0.05) is 12.5 Å². The third-order valence-corrected chi connectivity index (χ3v) is 2.39. The van der Waals surface area contributed by atoms with Crippen molar-refractivity contribution in [1.82, 2.24) is 0 Å². The van der Waals surface area contributed by atoms with Crippen molar-refractivity contribution >= 4 is 11.6 Å². The number of ether oxygens (including phenoxy) is 1. The van der Waals surface area contributed by atoms with Crippen LogP contribution in [0.15, 0.2) is 18.2 Å². The van der Waals surface area contributed by atoms with E-state index in [-0.39, 0.29) is 12.1 Å². The zero-order chi connectivity index (χ0) is 12.4. The summed E-state index contributed by atoms with van der Waals surface area (Å²) in [5.74, 6) is -0.505. The molecule has 0 radical (unpaired) electrons. The number of amides is 1. The Morgan fingerprint density at radius 3 is 3.12 bits per heavy atom. The fraction of sp³-hybridized carbons (Fsp3) is 0.273. The van der Waals surface area contributed by atoms with Crippen molar-refractivity contribution in [1.29, 1.82) is 5.26 Å². The molecule has 2 atom stereocenters. The second-order valence-corrected chi connectivity index (χ2v) is 3.71. The van der Waals surface area contributed by atoms with Crippen LogP contribution in [0.25, 0.3) is 0 Å². The highest BCUT2D eigenvalue weighted by Gasteiger charge is 2.29. The molecule has 1 aromatic carbocycles. The molecule has 0 spiro atoms. The van der Waals surface area contributed by atoms with Crippen molar-refractivity contribution in [3.05, 3.63) is 24.0 Å². The highest BCUT2D eigenvalue weighted by Crippen LogP contribution is 2.30. The Hall–Kier alpha value is -2.13. The van der Waals surface area contributed by atoms with Gasteiger partial charge in [0.2, 0.25) is 0 Å². The minimum Gasteiger partial charge on any atom is -0.478 e. The van der Waals surface area contributed by atoms with E-state index in [0.717, 1.165) is 0 Å². The standard InChI is InChI=1S/C11H10FN3O2/c12-6-1-2-9-8(3-6)15-11(16)10(17-9)4-7(14)5-13/h1-3,7,10H,4,14H2,(H,15,16). The Balaban J connectivity index is 2.19. The fourth-order valence-corrected chi connectivity index (χ4v) is 1.56. The maximum Gasteiger partial charge on any atom is 0.265 e. The average molecular weight is 235 g/mol. The molecule has 1 heterocycles. The first-order valence-electron chi connectivity index (χ1n) is 5.02. The number of carbonyl (C=O) groups excluding carboxylic acids is 1. The van der Waals surface area contributed by atoms with Gasteiger partial charge in [-0.15, -0.1) is 0 Å². The minimum absolute atomic E-state index is 0.0964. The van der Waals surface area contributed by atoms with E-state index in [9.17, 15) is 9.18 Å². The Labute approximate surface area is 97.0 Å². The summed E-state index contributed by atoms with van der Waals surface area (Å²) in [7, 11) is 0. The number of benzene rings is 1. The lowest BCUT2D eigenvalue weighted by Gasteiger charge is -2.26. The van der Waals surface area contributed by atoms with Crippen LogP contribution >= 0.6 is 0 Å². The Bertz CT molecular complexity index is 498. The molecule has 2 rings (SSSR count). The van der Waals surface area contributed by atoms with Crippen molar-refractivity contribution in [2.24, 2.45) is 5.73 Å². The van der Waals surface area contributed by atoms with Crippen LogP contribution < -0.4 is 15.8 Å². The number of hydrogen-bond acceptors (Lipinski definition) is 4. The Morgan fingerprint density at radius 2 is 2.41 bits per heavy atom. The van der Waals surface area contributed by atoms with Gasteiger partial charge in [-0.3, -0.25) is 4.79 Å². The normalized spacial score (nSPS) is 19.6. The van der Waals surface area contributed by atoms with E-state index in [4.69, 9.17) is 15.7 Å². The van der Waals surface area contributed by atoms with Crippen LogP contribution in [-0.2, 0) is 4.79 Å². The topological polar surface area (TPSA) is 88.1 Å². The predicted molar refractivity (Wildman–Crippen MR) is 57.7 cm³/mol. The monoisotopic (exact) mass is 235 g/mol. The molecule has 17 heavy (non-hydrogen) atoms. The van der Waals surface area contributed by atoms with Gasteiger partial charge < -0.3 is 15.8 Å². The molecule has 1 amide bonds. The first-order chi connectivity index (χ1) is 8.10. The quantitative estimate of drug-likeness (QED) is 0.792. The summed E-state index contributed by atoms with van der Waals surface area (Å²) in [5, 5.41) is 11.1. The molecule has 5 nitrogen and oxygen atoms in total. The van der Waals surface area contributed by atoms with E-state index in [2.05, 4.69) is 5.32 Å². The number of nitrogens with one attached hydrogen (secondary N) is 1. The van der Waals surface area contributed by atoms with Gasteiger partial charge in [-0.05, 0) is 12.1 Å². The summed E-state index contributed by atoms with van der Waals surface area (Å²) in [6.45, 7) is 0. The minimum atomic E-state index is -0.817. The van der Waals surface area contributed by atoms with E-state index >= 15 is 0 Å². The zero-order valence-electron chi connectivity index (χ0n) is 8.81. The molecule has 0 saturated heterocycles. The molecule has 1 aromatic rings. The zero-order valence-corrected chi connectivity index (χ0v) is 8.81. The lowest BCUT2D eigenvalue weighted by atomic mass is 10.1. The molecule has 6 heteroatoms. The number of nitriles is 1. The molecule has 0 aliphatic carbocycles. The lowest BCUT2D eigenvalue weighted by Crippen LogP contribution is -2.40. The molecule has 1 aliphatic rings. The summed E-state index contributed by atoms with van der Waals surface area (Å²) in [6, 6.07) is 4.89.